The van der Waals surface area contributed by atoms with Gasteiger partial charge < -0.3 is 24.6 Å². The summed E-state index contributed by atoms with van der Waals surface area (Å²) in [5.74, 6) is -1.45. The second-order valence-electron chi connectivity index (χ2n) is 10.3. The van der Waals surface area contributed by atoms with Crippen LogP contribution in [0.2, 0.25) is 0 Å². The van der Waals surface area contributed by atoms with Crippen LogP contribution in [0.5, 0.6) is 0 Å². The van der Waals surface area contributed by atoms with E-state index in [1.54, 1.807) is 25.3 Å². The number of rotatable bonds is 6. The number of nitrogens with one attached hydrogen (secondary N) is 1. The average Bonchev–Trinajstić information content (AvgIpc) is 3.46. The zero-order valence-corrected chi connectivity index (χ0v) is 19.9. The number of aromatic nitrogens is 2. The Morgan fingerprint density at radius 1 is 1.32 bits per heavy atom. The largest absolute Gasteiger partial charge is 0.477 e. The third kappa shape index (κ3) is 5.00. The van der Waals surface area contributed by atoms with Crippen LogP contribution in [0.3, 0.4) is 0 Å². The van der Waals surface area contributed by atoms with Gasteiger partial charge in [-0.2, -0.15) is 0 Å². The SMILES string of the molecule is CC(CNC(=O)OC(C)(C)C)C1CCN(c2nc3c(cc2F)c(=O)c(C(=O)O)cn3C2CC2)C1. The molecule has 0 aromatic carbocycles. The Kier molecular flexibility index (Phi) is 6.26. The van der Waals surface area contributed by atoms with Crippen LogP contribution in [0.4, 0.5) is 15.0 Å². The quantitative estimate of drug-likeness (QED) is 0.658. The van der Waals surface area contributed by atoms with E-state index in [1.807, 2.05) is 11.8 Å². The van der Waals surface area contributed by atoms with E-state index in [2.05, 4.69) is 10.3 Å². The lowest BCUT2D eigenvalue weighted by Gasteiger charge is -2.24. The van der Waals surface area contributed by atoms with Gasteiger partial charge in [-0.3, -0.25) is 4.79 Å². The molecular formula is C24H31FN4O5. The number of carbonyl (C=O) groups is 2. The summed E-state index contributed by atoms with van der Waals surface area (Å²) >= 11 is 0. The number of carbonyl (C=O) groups excluding carboxylic acids is 1. The van der Waals surface area contributed by atoms with E-state index < -0.39 is 28.9 Å². The Morgan fingerprint density at radius 2 is 2.03 bits per heavy atom. The van der Waals surface area contributed by atoms with Gasteiger partial charge in [0.25, 0.3) is 0 Å². The zero-order valence-electron chi connectivity index (χ0n) is 19.9. The van der Waals surface area contributed by atoms with Gasteiger partial charge in [0.05, 0.1) is 5.39 Å². The van der Waals surface area contributed by atoms with Crippen LogP contribution in [0.25, 0.3) is 11.0 Å². The van der Waals surface area contributed by atoms with Crippen molar-refractivity contribution in [2.75, 3.05) is 24.5 Å². The topological polar surface area (TPSA) is 114 Å². The number of pyridine rings is 2. The monoisotopic (exact) mass is 474 g/mol. The van der Waals surface area contributed by atoms with Gasteiger partial charge in [-0.25, -0.2) is 19.0 Å². The molecule has 3 heterocycles. The van der Waals surface area contributed by atoms with Crippen molar-refractivity contribution in [2.24, 2.45) is 11.8 Å². The average molecular weight is 475 g/mol. The Labute approximate surface area is 196 Å². The molecule has 0 radical (unpaired) electrons. The van der Waals surface area contributed by atoms with E-state index in [1.165, 1.54) is 6.20 Å². The van der Waals surface area contributed by atoms with Crippen LogP contribution in [-0.2, 0) is 4.74 Å². The van der Waals surface area contributed by atoms with E-state index in [-0.39, 0.29) is 34.6 Å². The summed E-state index contributed by atoms with van der Waals surface area (Å²) < 4.78 is 22.1. The van der Waals surface area contributed by atoms with Crippen LogP contribution < -0.4 is 15.6 Å². The first kappa shape index (κ1) is 24.0. The highest BCUT2D eigenvalue weighted by atomic mass is 19.1. The lowest BCUT2D eigenvalue weighted by molar-refractivity contribution is 0.0515. The summed E-state index contributed by atoms with van der Waals surface area (Å²) in [7, 11) is 0. The van der Waals surface area contributed by atoms with Gasteiger partial charge in [-0.15, -0.1) is 0 Å². The summed E-state index contributed by atoms with van der Waals surface area (Å²) in [6.45, 7) is 9.06. The molecule has 184 valence electrons. The zero-order chi connectivity index (χ0) is 24.8. The number of anilines is 1. The Morgan fingerprint density at radius 3 is 2.65 bits per heavy atom. The minimum Gasteiger partial charge on any atom is -0.477 e. The van der Waals surface area contributed by atoms with Crippen LogP contribution in [0, 0.1) is 17.7 Å². The van der Waals surface area contributed by atoms with Gasteiger partial charge in [0.1, 0.15) is 16.8 Å². The van der Waals surface area contributed by atoms with Crippen LogP contribution in [-0.4, -0.2) is 52.0 Å². The predicted octanol–water partition coefficient (Wildman–Crippen LogP) is 3.56. The molecule has 2 unspecified atom stereocenters. The molecule has 1 aliphatic heterocycles. The van der Waals surface area contributed by atoms with Gasteiger partial charge in [0, 0.05) is 31.9 Å². The highest BCUT2D eigenvalue weighted by Gasteiger charge is 2.32. The molecule has 34 heavy (non-hydrogen) atoms. The molecule has 2 N–H and O–H groups in total. The van der Waals surface area contributed by atoms with E-state index in [0.29, 0.717) is 25.3 Å². The minimum absolute atomic E-state index is 0.0151. The lowest BCUT2D eigenvalue weighted by Crippen LogP contribution is -2.36. The fraction of sp³-hybridized carbons (Fsp3) is 0.583. The summed E-state index contributed by atoms with van der Waals surface area (Å²) in [5.41, 5.74) is -1.35. The van der Waals surface area contributed by atoms with Gasteiger partial charge in [0.2, 0.25) is 5.43 Å². The van der Waals surface area contributed by atoms with Crippen LogP contribution >= 0.6 is 0 Å². The third-order valence-corrected chi connectivity index (χ3v) is 6.41. The number of fused-ring (bicyclic) bond motifs is 1. The molecule has 2 aliphatic rings. The van der Waals surface area contributed by atoms with E-state index in [0.717, 1.165) is 25.3 Å². The maximum atomic E-state index is 15.1. The van der Waals surface area contributed by atoms with Crippen molar-refractivity contribution in [3.05, 3.63) is 33.9 Å². The number of alkyl carbamates (subject to hydrolysis) is 1. The first-order valence-electron chi connectivity index (χ1n) is 11.6. The molecule has 1 aliphatic carbocycles. The molecule has 0 bridgehead atoms. The standard InChI is InChI=1S/C24H31FN4O5/c1-13(10-26-23(33)34-24(2,3)4)14-7-8-28(11-14)21-18(25)9-16-19(30)17(22(31)32)12-29(15-5-6-15)20(16)27-21/h9,12-15H,5-8,10-11H2,1-4H3,(H,26,33)(H,31,32). The molecular weight excluding hydrogens is 443 g/mol. The molecule has 2 atom stereocenters. The molecule has 2 aromatic heterocycles. The molecule has 4 rings (SSSR count). The Hall–Kier alpha value is -3.17. The molecule has 9 nitrogen and oxygen atoms in total. The number of carboxylic acid groups (broad SMARTS) is 1. The fourth-order valence-electron chi connectivity index (χ4n) is 4.41. The summed E-state index contributed by atoms with van der Waals surface area (Å²) in [5, 5.41) is 12.2. The van der Waals surface area contributed by atoms with Crippen molar-refractivity contribution in [3.8, 4) is 0 Å². The lowest BCUT2D eigenvalue weighted by atomic mass is 9.93. The smallest absolute Gasteiger partial charge is 0.407 e. The van der Waals surface area contributed by atoms with Crippen LogP contribution in [0.15, 0.2) is 17.1 Å². The number of halogens is 1. The van der Waals surface area contributed by atoms with Crippen LogP contribution in [0.1, 0.15) is 63.4 Å². The first-order valence-corrected chi connectivity index (χ1v) is 11.6. The third-order valence-electron chi connectivity index (χ3n) is 6.41. The summed E-state index contributed by atoms with van der Waals surface area (Å²) in [6, 6.07) is 1.18. The number of hydrogen-bond donors (Lipinski definition) is 2. The molecule has 2 fully saturated rings. The van der Waals surface area contributed by atoms with Crippen molar-refractivity contribution >= 4 is 28.9 Å². The van der Waals surface area contributed by atoms with Gasteiger partial charge in [-0.05, 0) is 57.9 Å². The van der Waals surface area contributed by atoms with E-state index in [4.69, 9.17) is 4.74 Å². The van der Waals surface area contributed by atoms with Crippen molar-refractivity contribution in [2.45, 2.75) is 58.6 Å². The van der Waals surface area contributed by atoms with E-state index in [9.17, 15) is 19.5 Å². The van der Waals surface area contributed by atoms with Gasteiger partial charge in [0.15, 0.2) is 11.6 Å². The second-order valence-corrected chi connectivity index (χ2v) is 10.3. The molecule has 2 aromatic rings. The maximum absolute atomic E-state index is 15.1. The normalized spacial score (nSPS) is 19.3. The minimum atomic E-state index is -1.33. The molecule has 0 spiro atoms. The fourth-order valence-corrected chi connectivity index (χ4v) is 4.41. The number of nitrogens with zero attached hydrogens (tertiary/aromatic N) is 3. The molecule has 10 heteroatoms. The number of ether oxygens (including phenoxy) is 1. The van der Waals surface area contributed by atoms with Crippen molar-refractivity contribution < 1.29 is 23.8 Å². The Bertz CT molecular complexity index is 1180. The molecule has 1 saturated carbocycles. The van der Waals surface area contributed by atoms with Gasteiger partial charge in [-0.1, -0.05) is 6.92 Å². The van der Waals surface area contributed by atoms with E-state index >= 15 is 4.39 Å². The first-order chi connectivity index (χ1) is 15.9. The summed E-state index contributed by atoms with van der Waals surface area (Å²) in [6.07, 6.45) is 3.40. The molecule has 1 amide bonds. The highest BCUT2D eigenvalue weighted by Crippen LogP contribution is 2.37. The maximum Gasteiger partial charge on any atom is 0.407 e. The Balaban J connectivity index is 1.53. The number of carboxylic acids is 1. The van der Waals surface area contributed by atoms with Crippen molar-refractivity contribution in [1.82, 2.24) is 14.9 Å². The van der Waals surface area contributed by atoms with Crippen molar-refractivity contribution in [3.63, 3.8) is 0 Å². The predicted molar refractivity (Wildman–Crippen MR) is 125 cm³/mol. The second kappa shape index (κ2) is 8.88. The summed E-state index contributed by atoms with van der Waals surface area (Å²) in [4.78, 5) is 42.5. The highest BCUT2D eigenvalue weighted by molar-refractivity contribution is 5.92. The van der Waals surface area contributed by atoms with Gasteiger partial charge >= 0.3 is 12.1 Å². The number of amides is 1. The number of aromatic carboxylic acids is 1. The number of hydrogen-bond acceptors (Lipinski definition) is 6. The molecule has 1 saturated heterocycles. The van der Waals surface area contributed by atoms with Crippen molar-refractivity contribution in [1.29, 1.82) is 0 Å².